The maximum Gasteiger partial charge on any atom is 0.248 e. The van der Waals surface area contributed by atoms with Gasteiger partial charge in [0.15, 0.2) is 0 Å². The highest BCUT2D eigenvalue weighted by Gasteiger charge is 2.17. The number of anilines is 1. The lowest BCUT2D eigenvalue weighted by atomic mass is 9.98. The molecule has 0 fully saturated rings. The minimum absolute atomic E-state index is 0.0893. The average molecular weight is 289 g/mol. The summed E-state index contributed by atoms with van der Waals surface area (Å²) in [5.74, 6) is -0.408. The second kappa shape index (κ2) is 5.63. The number of hydrogen-bond acceptors (Lipinski definition) is 4. The van der Waals surface area contributed by atoms with E-state index in [1.54, 1.807) is 23.5 Å². The number of nitrogens with two attached hydrogens (primary N) is 1. The highest BCUT2D eigenvalue weighted by Crippen LogP contribution is 2.27. The van der Waals surface area contributed by atoms with Gasteiger partial charge in [0.2, 0.25) is 5.91 Å². The number of thiazole rings is 1. The van der Waals surface area contributed by atoms with Crippen molar-refractivity contribution in [2.24, 2.45) is 5.73 Å². The van der Waals surface area contributed by atoms with Crippen LogP contribution < -0.4 is 11.1 Å². The first-order valence-corrected chi connectivity index (χ1v) is 7.27. The molecule has 0 radical (unpaired) electrons. The van der Waals surface area contributed by atoms with Gasteiger partial charge in [0.1, 0.15) is 0 Å². The third-order valence-corrected chi connectivity index (χ3v) is 4.25. The van der Waals surface area contributed by atoms with Gasteiger partial charge in [-0.2, -0.15) is 0 Å². The fraction of sp³-hybridized carbons (Fsp3) is 0.333. The summed E-state index contributed by atoms with van der Waals surface area (Å²) in [6, 6.07) is 7.15. The van der Waals surface area contributed by atoms with E-state index in [1.165, 1.54) is 4.88 Å². The van der Waals surface area contributed by atoms with Crippen LogP contribution in [0.1, 0.15) is 41.0 Å². The van der Waals surface area contributed by atoms with Gasteiger partial charge in [-0.15, -0.1) is 11.3 Å². The zero-order valence-corrected chi connectivity index (χ0v) is 12.8. The third-order valence-electron chi connectivity index (χ3n) is 2.83. The van der Waals surface area contributed by atoms with Crippen LogP contribution in [0.5, 0.6) is 0 Å². The molecule has 0 atom stereocenters. The first kappa shape index (κ1) is 14.5. The van der Waals surface area contributed by atoms with Crippen LogP contribution in [0.2, 0.25) is 0 Å². The van der Waals surface area contributed by atoms with Crippen molar-refractivity contribution in [3.8, 4) is 0 Å². The number of nitrogens with one attached hydrogen (secondary N) is 1. The second-order valence-corrected chi connectivity index (χ2v) is 6.79. The molecule has 1 heterocycles. The first-order chi connectivity index (χ1) is 9.36. The van der Waals surface area contributed by atoms with Crippen molar-refractivity contribution in [3.63, 3.8) is 0 Å². The molecule has 1 aromatic heterocycles. The average Bonchev–Trinajstić information content (AvgIpc) is 2.85. The fourth-order valence-electron chi connectivity index (χ4n) is 1.68. The number of nitrogens with zero attached hydrogens (tertiary/aromatic N) is 1. The molecule has 1 amide bonds. The van der Waals surface area contributed by atoms with E-state index in [9.17, 15) is 4.79 Å². The molecular formula is C15H19N3OS. The minimum Gasteiger partial charge on any atom is -0.380 e. The smallest absolute Gasteiger partial charge is 0.248 e. The summed E-state index contributed by atoms with van der Waals surface area (Å²) in [6.07, 6.45) is 1.91. The van der Waals surface area contributed by atoms with E-state index >= 15 is 0 Å². The molecule has 3 N–H and O–H groups in total. The zero-order chi connectivity index (χ0) is 14.8. The van der Waals surface area contributed by atoms with Crippen molar-refractivity contribution in [3.05, 3.63) is 45.9 Å². The number of carbonyl (C=O) groups is 1. The molecule has 106 valence electrons. The Hall–Kier alpha value is -1.88. The molecule has 0 aliphatic heterocycles. The van der Waals surface area contributed by atoms with Gasteiger partial charge in [0, 0.05) is 27.7 Å². The quantitative estimate of drug-likeness (QED) is 0.908. The lowest BCUT2D eigenvalue weighted by molar-refractivity contribution is 0.100. The van der Waals surface area contributed by atoms with E-state index in [4.69, 9.17) is 5.73 Å². The lowest BCUT2D eigenvalue weighted by Gasteiger charge is -2.13. The van der Waals surface area contributed by atoms with Gasteiger partial charge in [-0.1, -0.05) is 20.8 Å². The van der Waals surface area contributed by atoms with Crippen LogP contribution in [0.25, 0.3) is 0 Å². The van der Waals surface area contributed by atoms with Crippen molar-refractivity contribution in [2.45, 2.75) is 32.7 Å². The highest BCUT2D eigenvalue weighted by molar-refractivity contribution is 7.11. The molecule has 5 heteroatoms. The van der Waals surface area contributed by atoms with Crippen LogP contribution in [-0.4, -0.2) is 10.9 Å². The molecule has 2 rings (SSSR count). The third kappa shape index (κ3) is 3.57. The Morgan fingerprint density at radius 2 is 1.95 bits per heavy atom. The van der Waals surface area contributed by atoms with Crippen molar-refractivity contribution < 1.29 is 4.79 Å². The summed E-state index contributed by atoms with van der Waals surface area (Å²) in [5, 5.41) is 4.45. The molecular weight excluding hydrogens is 270 g/mol. The topological polar surface area (TPSA) is 68.0 Å². The van der Waals surface area contributed by atoms with E-state index < -0.39 is 5.91 Å². The summed E-state index contributed by atoms with van der Waals surface area (Å²) >= 11 is 1.72. The minimum atomic E-state index is -0.408. The summed E-state index contributed by atoms with van der Waals surface area (Å²) in [7, 11) is 0. The lowest BCUT2D eigenvalue weighted by Crippen LogP contribution is -2.10. The van der Waals surface area contributed by atoms with Gasteiger partial charge in [0.25, 0.3) is 0 Å². The first-order valence-electron chi connectivity index (χ1n) is 6.45. The molecule has 0 aliphatic rings. The summed E-state index contributed by atoms with van der Waals surface area (Å²) < 4.78 is 0. The van der Waals surface area contributed by atoms with E-state index in [0.29, 0.717) is 5.56 Å². The Labute approximate surface area is 123 Å². The van der Waals surface area contributed by atoms with Gasteiger partial charge < -0.3 is 11.1 Å². The predicted molar refractivity (Wildman–Crippen MR) is 83.1 cm³/mol. The molecule has 0 bridgehead atoms. The molecule has 2 aromatic rings. The van der Waals surface area contributed by atoms with Gasteiger partial charge in [0.05, 0.1) is 11.6 Å². The molecule has 0 saturated heterocycles. The maximum absolute atomic E-state index is 11.0. The summed E-state index contributed by atoms with van der Waals surface area (Å²) in [4.78, 5) is 16.6. The molecule has 0 spiro atoms. The number of aromatic nitrogens is 1. The molecule has 20 heavy (non-hydrogen) atoms. The van der Waals surface area contributed by atoms with Crippen LogP contribution in [0, 0.1) is 0 Å². The van der Waals surface area contributed by atoms with Gasteiger partial charge in [-0.3, -0.25) is 4.79 Å². The molecule has 1 aromatic carbocycles. The van der Waals surface area contributed by atoms with Crippen LogP contribution in [0.3, 0.4) is 0 Å². The second-order valence-electron chi connectivity index (χ2n) is 5.68. The van der Waals surface area contributed by atoms with E-state index in [2.05, 4.69) is 31.1 Å². The SMILES string of the molecule is CC(C)(C)c1ncc(CNc2ccc(C(N)=O)cc2)s1. The van der Waals surface area contributed by atoms with Gasteiger partial charge >= 0.3 is 0 Å². The van der Waals surface area contributed by atoms with Crippen molar-refractivity contribution in [1.82, 2.24) is 4.98 Å². The highest BCUT2D eigenvalue weighted by atomic mass is 32.1. The van der Waals surface area contributed by atoms with E-state index in [1.807, 2.05) is 18.3 Å². The summed E-state index contributed by atoms with van der Waals surface area (Å²) in [6.45, 7) is 7.20. The molecule has 0 unspecified atom stereocenters. The van der Waals surface area contributed by atoms with E-state index in [0.717, 1.165) is 17.2 Å². The normalized spacial score (nSPS) is 11.3. The Balaban J connectivity index is 1.98. The molecule has 0 saturated carbocycles. The van der Waals surface area contributed by atoms with Crippen LogP contribution in [0.15, 0.2) is 30.5 Å². The van der Waals surface area contributed by atoms with Crippen molar-refractivity contribution in [1.29, 1.82) is 0 Å². The van der Waals surface area contributed by atoms with Crippen molar-refractivity contribution >= 4 is 22.9 Å². The molecule has 0 aliphatic carbocycles. The number of benzene rings is 1. The summed E-state index contributed by atoms with van der Waals surface area (Å²) in [5.41, 5.74) is 6.77. The number of rotatable bonds is 4. The number of hydrogen-bond donors (Lipinski definition) is 2. The number of primary amides is 1. The number of amides is 1. The maximum atomic E-state index is 11.0. The Morgan fingerprint density at radius 3 is 2.45 bits per heavy atom. The Morgan fingerprint density at radius 1 is 1.30 bits per heavy atom. The van der Waals surface area contributed by atoms with Crippen LogP contribution >= 0.6 is 11.3 Å². The van der Waals surface area contributed by atoms with Gasteiger partial charge in [-0.25, -0.2) is 4.98 Å². The zero-order valence-electron chi connectivity index (χ0n) is 11.9. The molecule has 4 nitrogen and oxygen atoms in total. The number of carbonyl (C=O) groups excluding carboxylic acids is 1. The standard InChI is InChI=1S/C15H19N3OS/c1-15(2,3)14-18-9-12(20-14)8-17-11-6-4-10(5-7-11)13(16)19/h4-7,9,17H,8H2,1-3H3,(H2,16,19). The van der Waals surface area contributed by atoms with Crippen LogP contribution in [-0.2, 0) is 12.0 Å². The monoisotopic (exact) mass is 289 g/mol. The van der Waals surface area contributed by atoms with Gasteiger partial charge in [-0.05, 0) is 24.3 Å². The van der Waals surface area contributed by atoms with E-state index in [-0.39, 0.29) is 5.41 Å². The fourth-order valence-corrected chi connectivity index (χ4v) is 2.59. The predicted octanol–water partition coefficient (Wildman–Crippen LogP) is 3.15. The Kier molecular flexibility index (Phi) is 4.09. The van der Waals surface area contributed by atoms with Crippen LogP contribution in [0.4, 0.5) is 5.69 Å². The largest absolute Gasteiger partial charge is 0.380 e. The Bertz CT molecular complexity index is 596. The van der Waals surface area contributed by atoms with Crippen molar-refractivity contribution in [2.75, 3.05) is 5.32 Å².